The molecule has 0 aliphatic heterocycles. The molecule has 0 spiro atoms. The number of nitriles is 1. The highest BCUT2D eigenvalue weighted by Crippen LogP contribution is 2.18. The van der Waals surface area contributed by atoms with Crippen molar-refractivity contribution in [2.24, 2.45) is 0 Å². The first-order valence-electron chi connectivity index (χ1n) is 5.74. The van der Waals surface area contributed by atoms with E-state index < -0.39 is 11.4 Å². The second-order valence-electron chi connectivity index (χ2n) is 5.74. The fourth-order valence-electron chi connectivity index (χ4n) is 1.23. The molecule has 0 aromatic carbocycles. The Morgan fingerprint density at radius 3 is 2.22 bits per heavy atom. The molecular weight excluding hydrogens is 228 g/mol. The van der Waals surface area contributed by atoms with Crippen LogP contribution in [-0.4, -0.2) is 21.6 Å². The summed E-state index contributed by atoms with van der Waals surface area (Å²) < 4.78 is 0. The Hall–Kier alpha value is -1.96. The Labute approximate surface area is 107 Å². The van der Waals surface area contributed by atoms with Crippen molar-refractivity contribution < 1.29 is 4.79 Å². The van der Waals surface area contributed by atoms with Crippen LogP contribution in [0.15, 0.2) is 12.1 Å². The second kappa shape index (κ2) is 4.73. The predicted octanol–water partition coefficient (Wildman–Crippen LogP) is 1.81. The average molecular weight is 246 g/mol. The molecule has 1 rings (SSSR count). The van der Waals surface area contributed by atoms with Gasteiger partial charge in [-0.2, -0.15) is 10.4 Å². The molecule has 18 heavy (non-hydrogen) atoms. The Bertz CT molecular complexity index is 477. The summed E-state index contributed by atoms with van der Waals surface area (Å²) in [4.78, 5) is 11.8. The van der Waals surface area contributed by atoms with Crippen LogP contribution in [-0.2, 0) is 5.41 Å². The monoisotopic (exact) mass is 246 g/mol. The molecule has 0 aliphatic carbocycles. The molecule has 0 unspecified atom stereocenters. The minimum atomic E-state index is -0.915. The van der Waals surface area contributed by atoms with Gasteiger partial charge in [0, 0.05) is 5.41 Å². The number of carbonyl (C=O) groups excluding carboxylic acids is 1. The summed E-state index contributed by atoms with van der Waals surface area (Å²) in [5.41, 5.74) is 0.0139. The molecule has 0 atom stereocenters. The summed E-state index contributed by atoms with van der Waals surface area (Å²) in [7, 11) is 0. The lowest BCUT2D eigenvalue weighted by Gasteiger charge is -2.18. The van der Waals surface area contributed by atoms with Crippen molar-refractivity contribution in [3.63, 3.8) is 0 Å². The highest BCUT2D eigenvalue weighted by molar-refractivity contribution is 5.92. The Kier molecular flexibility index (Phi) is 3.70. The largest absolute Gasteiger partial charge is 0.333 e. The number of carbonyl (C=O) groups is 1. The highest BCUT2D eigenvalue weighted by Gasteiger charge is 2.22. The van der Waals surface area contributed by atoms with Crippen molar-refractivity contribution in [2.45, 2.75) is 45.6 Å². The fourth-order valence-corrected chi connectivity index (χ4v) is 1.23. The summed E-state index contributed by atoms with van der Waals surface area (Å²) in [6.45, 7) is 9.32. The van der Waals surface area contributed by atoms with Crippen molar-refractivity contribution >= 4 is 5.91 Å². The Balaban J connectivity index is 2.87. The molecular formula is C13H18N4O. The first kappa shape index (κ1) is 14.1. The van der Waals surface area contributed by atoms with E-state index >= 15 is 0 Å². The molecule has 96 valence electrons. The first-order chi connectivity index (χ1) is 8.15. The van der Waals surface area contributed by atoms with E-state index in [1.54, 1.807) is 26.0 Å². The number of nitrogens with zero attached hydrogens (tertiary/aromatic N) is 3. The first-order valence-corrected chi connectivity index (χ1v) is 5.74. The van der Waals surface area contributed by atoms with Crippen molar-refractivity contribution in [1.29, 1.82) is 5.26 Å². The third-order valence-corrected chi connectivity index (χ3v) is 2.37. The number of amides is 1. The Morgan fingerprint density at radius 2 is 1.83 bits per heavy atom. The van der Waals surface area contributed by atoms with Crippen LogP contribution in [0.5, 0.6) is 0 Å². The number of rotatable bonds is 2. The summed E-state index contributed by atoms with van der Waals surface area (Å²) in [5.74, 6) is -0.394. The van der Waals surface area contributed by atoms with Gasteiger partial charge in [-0.25, -0.2) is 0 Å². The molecule has 0 radical (unpaired) electrons. The van der Waals surface area contributed by atoms with Crippen LogP contribution in [0.25, 0.3) is 0 Å². The third-order valence-electron chi connectivity index (χ3n) is 2.37. The summed E-state index contributed by atoms with van der Waals surface area (Å²) >= 11 is 0. The van der Waals surface area contributed by atoms with Crippen molar-refractivity contribution in [2.75, 3.05) is 0 Å². The van der Waals surface area contributed by atoms with E-state index in [1.807, 2.05) is 26.8 Å². The van der Waals surface area contributed by atoms with Gasteiger partial charge in [0.1, 0.15) is 5.54 Å². The maximum absolute atomic E-state index is 11.8. The van der Waals surface area contributed by atoms with E-state index in [9.17, 15) is 4.79 Å². The molecule has 1 heterocycles. The van der Waals surface area contributed by atoms with E-state index in [0.29, 0.717) is 0 Å². The topological polar surface area (TPSA) is 78.7 Å². The van der Waals surface area contributed by atoms with E-state index in [0.717, 1.165) is 5.69 Å². The van der Waals surface area contributed by atoms with Crippen LogP contribution in [0.2, 0.25) is 0 Å². The Morgan fingerprint density at radius 1 is 1.22 bits per heavy atom. The van der Waals surface area contributed by atoms with Gasteiger partial charge in [-0.15, -0.1) is 5.10 Å². The van der Waals surface area contributed by atoms with Crippen LogP contribution in [0.4, 0.5) is 0 Å². The van der Waals surface area contributed by atoms with Gasteiger partial charge in [0.2, 0.25) is 0 Å². The minimum Gasteiger partial charge on any atom is -0.333 e. The minimum absolute atomic E-state index is 0.103. The lowest BCUT2D eigenvalue weighted by atomic mass is 9.92. The summed E-state index contributed by atoms with van der Waals surface area (Å²) in [6.07, 6.45) is 0. The van der Waals surface area contributed by atoms with Gasteiger partial charge in [0.25, 0.3) is 5.91 Å². The van der Waals surface area contributed by atoms with Crippen LogP contribution < -0.4 is 5.32 Å². The molecule has 1 aromatic heterocycles. The second-order valence-corrected chi connectivity index (χ2v) is 5.74. The highest BCUT2D eigenvalue weighted by atomic mass is 16.2. The lowest BCUT2D eigenvalue weighted by Crippen LogP contribution is -2.42. The van der Waals surface area contributed by atoms with Crippen molar-refractivity contribution in [3.8, 4) is 6.07 Å². The van der Waals surface area contributed by atoms with Gasteiger partial charge < -0.3 is 5.32 Å². The fraction of sp³-hybridized carbons (Fsp3) is 0.538. The predicted molar refractivity (Wildman–Crippen MR) is 67.9 cm³/mol. The third kappa shape index (κ3) is 3.52. The maximum Gasteiger partial charge on any atom is 0.273 e. The van der Waals surface area contributed by atoms with Crippen LogP contribution in [0.3, 0.4) is 0 Å². The molecule has 1 aromatic rings. The molecule has 0 fully saturated rings. The van der Waals surface area contributed by atoms with E-state index in [2.05, 4.69) is 15.5 Å². The molecule has 0 aliphatic rings. The quantitative estimate of drug-likeness (QED) is 0.863. The number of hydrogen-bond donors (Lipinski definition) is 1. The molecule has 0 saturated carbocycles. The number of nitrogens with one attached hydrogen (secondary N) is 1. The zero-order valence-corrected chi connectivity index (χ0v) is 11.4. The molecule has 0 saturated heterocycles. The summed E-state index contributed by atoms with van der Waals surface area (Å²) in [5, 5.41) is 19.3. The standard InChI is InChI=1S/C13H18N4O/c1-12(2,3)10-7-6-9(16-17-10)11(18)15-13(4,5)8-14/h6-7H,1-5H3,(H,15,18). The van der Waals surface area contributed by atoms with E-state index in [1.165, 1.54) is 0 Å². The van der Waals surface area contributed by atoms with Gasteiger partial charge in [0.05, 0.1) is 11.8 Å². The van der Waals surface area contributed by atoms with Crippen LogP contribution in [0, 0.1) is 11.3 Å². The SMILES string of the molecule is CC(C)(C#N)NC(=O)c1ccc(C(C)(C)C)nn1. The van der Waals surface area contributed by atoms with Gasteiger partial charge in [-0.05, 0) is 26.0 Å². The maximum atomic E-state index is 11.8. The van der Waals surface area contributed by atoms with Gasteiger partial charge in [0.15, 0.2) is 5.69 Å². The normalized spacial score (nSPS) is 11.8. The van der Waals surface area contributed by atoms with E-state index in [-0.39, 0.29) is 11.1 Å². The lowest BCUT2D eigenvalue weighted by molar-refractivity contribution is 0.0923. The smallest absolute Gasteiger partial charge is 0.273 e. The van der Waals surface area contributed by atoms with Crippen LogP contribution >= 0.6 is 0 Å². The summed E-state index contributed by atoms with van der Waals surface area (Å²) in [6, 6.07) is 5.40. The van der Waals surface area contributed by atoms with Gasteiger partial charge in [-0.3, -0.25) is 4.79 Å². The molecule has 5 nitrogen and oxygen atoms in total. The van der Waals surface area contributed by atoms with Crippen LogP contribution in [0.1, 0.15) is 50.8 Å². The molecule has 0 bridgehead atoms. The average Bonchev–Trinajstić information content (AvgIpc) is 2.27. The van der Waals surface area contributed by atoms with Crippen molar-refractivity contribution in [1.82, 2.24) is 15.5 Å². The van der Waals surface area contributed by atoms with Crippen molar-refractivity contribution in [3.05, 3.63) is 23.5 Å². The molecule has 5 heteroatoms. The van der Waals surface area contributed by atoms with E-state index in [4.69, 9.17) is 5.26 Å². The zero-order valence-electron chi connectivity index (χ0n) is 11.4. The van der Waals surface area contributed by atoms with Gasteiger partial charge in [-0.1, -0.05) is 20.8 Å². The number of hydrogen-bond acceptors (Lipinski definition) is 4. The molecule has 1 amide bonds. The molecule has 1 N–H and O–H groups in total. The zero-order chi connectivity index (χ0) is 14.0. The van der Waals surface area contributed by atoms with Gasteiger partial charge >= 0.3 is 0 Å². The number of aromatic nitrogens is 2.